The molecule has 0 unspecified atom stereocenters. The fourth-order valence-corrected chi connectivity index (χ4v) is 1.06. The van der Waals surface area contributed by atoms with Gasteiger partial charge < -0.3 is 0 Å². The van der Waals surface area contributed by atoms with Gasteiger partial charge in [0.25, 0.3) is 0 Å². The third-order valence-corrected chi connectivity index (χ3v) is 1.66. The van der Waals surface area contributed by atoms with Crippen molar-refractivity contribution in [1.29, 1.82) is 5.26 Å². The molecule has 1 aromatic carbocycles. The summed E-state index contributed by atoms with van der Waals surface area (Å²) < 4.78 is 0. The molecule has 1 nitrogen and oxygen atoms in total. The largest absolute Gasteiger partial charge is 0.193 e. The first-order chi connectivity index (χ1) is 6.33. The van der Waals surface area contributed by atoms with E-state index in [1.165, 1.54) is 6.08 Å². The first kappa shape index (κ1) is 9.57. The lowest BCUT2D eigenvalue weighted by atomic mass is 10.2. The first-order valence-electron chi connectivity index (χ1n) is 3.81. The summed E-state index contributed by atoms with van der Waals surface area (Å²) in [7, 11) is 0. The Morgan fingerprint density at radius 2 is 2.00 bits per heavy atom. The molecule has 0 bridgehead atoms. The fraction of sp³-hybridized carbons (Fsp3) is 0. The van der Waals surface area contributed by atoms with E-state index in [1.807, 2.05) is 36.4 Å². The number of halogens is 1. The van der Waals surface area contributed by atoms with Gasteiger partial charge in [0.05, 0.1) is 6.07 Å². The Kier molecular flexibility index (Phi) is 3.81. The van der Waals surface area contributed by atoms with Gasteiger partial charge in [0.2, 0.25) is 0 Å². The molecule has 64 valence electrons. The van der Waals surface area contributed by atoms with E-state index >= 15 is 0 Å². The maximum absolute atomic E-state index is 8.26. The number of nitrogens with zero attached hydrogens (tertiary/aromatic N) is 1. The zero-order chi connectivity index (χ0) is 9.52. The summed E-state index contributed by atoms with van der Waals surface area (Å²) in [6.45, 7) is 0. The second kappa shape index (κ2) is 5.18. The molecule has 13 heavy (non-hydrogen) atoms. The van der Waals surface area contributed by atoms with E-state index in [9.17, 15) is 0 Å². The molecule has 0 saturated heterocycles. The van der Waals surface area contributed by atoms with Gasteiger partial charge in [0.15, 0.2) is 0 Å². The van der Waals surface area contributed by atoms with Crippen molar-refractivity contribution in [3.63, 3.8) is 0 Å². The molecule has 1 rings (SSSR count). The molecule has 0 fully saturated rings. The highest BCUT2D eigenvalue weighted by molar-refractivity contribution is 6.33. The van der Waals surface area contributed by atoms with Crippen LogP contribution >= 0.6 is 11.6 Å². The van der Waals surface area contributed by atoms with E-state index in [4.69, 9.17) is 16.9 Å². The van der Waals surface area contributed by atoms with Crippen molar-refractivity contribution in [2.24, 2.45) is 0 Å². The maximum atomic E-state index is 8.26. The molecule has 0 spiro atoms. The van der Waals surface area contributed by atoms with Crippen molar-refractivity contribution in [2.75, 3.05) is 0 Å². The fourth-order valence-electron chi connectivity index (χ4n) is 0.873. The minimum Gasteiger partial charge on any atom is -0.193 e. The van der Waals surface area contributed by atoms with Crippen molar-refractivity contribution >= 4 is 17.7 Å². The van der Waals surface area contributed by atoms with Crippen LogP contribution in [-0.2, 0) is 0 Å². The zero-order valence-electron chi connectivity index (χ0n) is 6.94. The van der Waals surface area contributed by atoms with Crippen LogP contribution in [0.25, 0.3) is 6.08 Å². The summed E-state index contributed by atoms with van der Waals surface area (Å²) in [5.74, 6) is 0. The molecule has 1 aromatic rings. The molecule has 0 saturated carbocycles. The van der Waals surface area contributed by atoms with E-state index in [2.05, 4.69) is 0 Å². The van der Waals surface area contributed by atoms with Crippen LogP contribution in [0, 0.1) is 11.3 Å². The highest BCUT2D eigenvalue weighted by atomic mass is 35.5. The Balaban J connectivity index is 2.78. The quantitative estimate of drug-likeness (QED) is 0.517. The van der Waals surface area contributed by atoms with Gasteiger partial charge in [-0.2, -0.15) is 5.26 Å². The number of nitriles is 1. The summed E-state index contributed by atoms with van der Waals surface area (Å²) in [6.07, 6.45) is 4.71. The lowest BCUT2D eigenvalue weighted by Gasteiger charge is -1.91. The second-order valence-electron chi connectivity index (χ2n) is 2.40. The summed E-state index contributed by atoms with van der Waals surface area (Å²) in [5.41, 5.74) is 1.02. The number of allylic oxidation sites excluding steroid dienone is 3. The lowest BCUT2D eigenvalue weighted by molar-refractivity contribution is 1.53. The van der Waals surface area contributed by atoms with E-state index in [0.717, 1.165) is 5.56 Å². The molecular weight excluding hydrogens is 182 g/mol. The van der Waals surface area contributed by atoms with Crippen molar-refractivity contribution in [3.8, 4) is 6.07 Å². The molecule has 0 aromatic heterocycles. The van der Waals surface area contributed by atoms with Crippen molar-refractivity contribution in [3.05, 3.63) is 53.1 Å². The van der Waals surface area contributed by atoms with Gasteiger partial charge >= 0.3 is 0 Å². The molecule has 0 radical (unpaired) electrons. The zero-order valence-corrected chi connectivity index (χ0v) is 7.70. The summed E-state index contributed by atoms with van der Waals surface area (Å²) in [5, 5.41) is 8.81. The molecule has 0 aliphatic rings. The Hall–Kier alpha value is -1.52. The maximum Gasteiger partial charge on any atom is 0.0912 e. The van der Waals surface area contributed by atoms with E-state index in [0.29, 0.717) is 5.03 Å². The summed E-state index contributed by atoms with van der Waals surface area (Å²) in [6, 6.07) is 11.6. The third-order valence-electron chi connectivity index (χ3n) is 1.42. The van der Waals surface area contributed by atoms with Gasteiger partial charge in [0.1, 0.15) is 0 Å². The van der Waals surface area contributed by atoms with Crippen LogP contribution in [0.3, 0.4) is 0 Å². The van der Waals surface area contributed by atoms with Crippen LogP contribution in [-0.4, -0.2) is 0 Å². The van der Waals surface area contributed by atoms with Crippen molar-refractivity contribution in [2.45, 2.75) is 0 Å². The second-order valence-corrected chi connectivity index (χ2v) is 2.84. The molecule has 0 aliphatic heterocycles. The minimum absolute atomic E-state index is 0.549. The minimum atomic E-state index is 0.549. The van der Waals surface area contributed by atoms with Crippen LogP contribution in [0.2, 0.25) is 0 Å². The molecule has 0 heterocycles. The predicted octanol–water partition coefficient (Wildman–Crippen LogP) is 3.35. The SMILES string of the molecule is N#CC=CC(Cl)=Cc1ccccc1. The Morgan fingerprint density at radius 3 is 2.62 bits per heavy atom. The highest BCUT2D eigenvalue weighted by Crippen LogP contribution is 2.10. The standard InChI is InChI=1S/C11H8ClN/c12-11(7-4-8-13)9-10-5-2-1-3-6-10/h1-7,9H. The van der Waals surface area contributed by atoms with Gasteiger partial charge in [-0.1, -0.05) is 41.9 Å². The molecule has 0 atom stereocenters. The molecule has 0 aliphatic carbocycles. The summed E-state index contributed by atoms with van der Waals surface area (Å²) in [4.78, 5) is 0. The molecule has 2 heteroatoms. The number of hydrogen-bond acceptors (Lipinski definition) is 1. The van der Waals surface area contributed by atoms with Crippen LogP contribution in [0.1, 0.15) is 5.56 Å². The van der Waals surface area contributed by atoms with Crippen LogP contribution in [0.4, 0.5) is 0 Å². The van der Waals surface area contributed by atoms with E-state index in [-0.39, 0.29) is 0 Å². The van der Waals surface area contributed by atoms with Gasteiger partial charge in [0, 0.05) is 11.1 Å². The average Bonchev–Trinajstić information content (AvgIpc) is 2.16. The van der Waals surface area contributed by atoms with Gasteiger partial charge in [-0.05, 0) is 17.7 Å². The van der Waals surface area contributed by atoms with Crippen LogP contribution in [0.15, 0.2) is 47.5 Å². The first-order valence-corrected chi connectivity index (χ1v) is 4.19. The van der Waals surface area contributed by atoms with E-state index in [1.54, 1.807) is 12.2 Å². The lowest BCUT2D eigenvalue weighted by Crippen LogP contribution is -1.70. The van der Waals surface area contributed by atoms with Crippen molar-refractivity contribution < 1.29 is 0 Å². The van der Waals surface area contributed by atoms with Gasteiger partial charge in [-0.15, -0.1) is 0 Å². The number of benzene rings is 1. The van der Waals surface area contributed by atoms with Gasteiger partial charge in [-0.25, -0.2) is 0 Å². The summed E-state index contributed by atoms with van der Waals surface area (Å²) >= 11 is 5.82. The topological polar surface area (TPSA) is 23.8 Å². The third kappa shape index (κ3) is 3.59. The van der Waals surface area contributed by atoms with Crippen LogP contribution < -0.4 is 0 Å². The number of hydrogen-bond donors (Lipinski definition) is 0. The van der Waals surface area contributed by atoms with Crippen molar-refractivity contribution in [1.82, 2.24) is 0 Å². The number of rotatable bonds is 2. The average molecular weight is 190 g/mol. The Morgan fingerprint density at radius 1 is 1.31 bits per heavy atom. The monoisotopic (exact) mass is 189 g/mol. The van der Waals surface area contributed by atoms with Crippen LogP contribution in [0.5, 0.6) is 0 Å². The normalized spacial score (nSPS) is 11.5. The van der Waals surface area contributed by atoms with Gasteiger partial charge in [-0.3, -0.25) is 0 Å². The molecule has 0 amide bonds. The predicted molar refractivity (Wildman–Crippen MR) is 55.0 cm³/mol. The molecular formula is C11H8ClN. The van der Waals surface area contributed by atoms with E-state index < -0.39 is 0 Å². The smallest absolute Gasteiger partial charge is 0.0912 e. The Bertz CT molecular complexity index is 357. The highest BCUT2D eigenvalue weighted by Gasteiger charge is 1.87. The Labute approximate surface area is 82.6 Å². The molecule has 0 N–H and O–H groups in total.